The number of carbonyl (C=O) groups is 2. The molecule has 148 valence electrons. The molecule has 5 heteroatoms. The summed E-state index contributed by atoms with van der Waals surface area (Å²) in [5, 5.41) is 2.77. The number of piperidine rings is 1. The molecule has 0 aromatic heterocycles. The van der Waals surface area contributed by atoms with Crippen molar-refractivity contribution >= 4 is 17.5 Å². The molecule has 1 aliphatic heterocycles. The van der Waals surface area contributed by atoms with E-state index in [9.17, 15) is 14.0 Å². The van der Waals surface area contributed by atoms with Gasteiger partial charge in [-0.15, -0.1) is 0 Å². The first-order valence-electron chi connectivity index (χ1n) is 9.70. The Balaban J connectivity index is 1.56. The van der Waals surface area contributed by atoms with Gasteiger partial charge in [0.2, 0.25) is 5.91 Å². The lowest BCUT2D eigenvalue weighted by molar-refractivity contribution is -0.121. The summed E-state index contributed by atoms with van der Waals surface area (Å²) in [7, 11) is 0. The lowest BCUT2D eigenvalue weighted by Crippen LogP contribution is -2.41. The van der Waals surface area contributed by atoms with Crippen molar-refractivity contribution in [2.24, 2.45) is 5.92 Å². The summed E-state index contributed by atoms with van der Waals surface area (Å²) in [6, 6.07) is 13.7. The molecule has 4 nitrogen and oxygen atoms in total. The molecule has 0 aliphatic carbocycles. The van der Waals surface area contributed by atoms with Crippen LogP contribution in [0, 0.1) is 11.7 Å². The molecule has 28 heavy (non-hydrogen) atoms. The highest BCUT2D eigenvalue weighted by Crippen LogP contribution is 2.24. The van der Waals surface area contributed by atoms with Crippen LogP contribution in [-0.4, -0.2) is 29.8 Å². The number of amides is 2. The fourth-order valence-electron chi connectivity index (χ4n) is 3.45. The van der Waals surface area contributed by atoms with Crippen molar-refractivity contribution in [3.05, 3.63) is 65.5 Å². The van der Waals surface area contributed by atoms with Gasteiger partial charge < -0.3 is 10.2 Å². The molecule has 2 aromatic rings. The first-order chi connectivity index (χ1) is 13.2. The Hall–Kier alpha value is -2.69. The predicted octanol–water partition coefficient (Wildman–Crippen LogP) is 4.61. The summed E-state index contributed by atoms with van der Waals surface area (Å²) >= 11 is 0. The summed E-state index contributed by atoms with van der Waals surface area (Å²) in [6.45, 7) is 7.51. The smallest absolute Gasteiger partial charge is 0.253 e. The SMILES string of the molecule is CC(C)(C)c1ccc(C(=O)N2CCC(C(=O)Nc3cccc(F)c3)CC2)cc1. The molecule has 1 N–H and O–H groups in total. The third-order valence-corrected chi connectivity index (χ3v) is 5.24. The maximum atomic E-state index is 13.3. The number of rotatable bonds is 3. The minimum absolute atomic E-state index is 0.00412. The normalized spacial score (nSPS) is 15.4. The van der Waals surface area contributed by atoms with Gasteiger partial charge in [0.1, 0.15) is 5.82 Å². The number of halogens is 1. The Morgan fingerprint density at radius 1 is 1.04 bits per heavy atom. The largest absolute Gasteiger partial charge is 0.339 e. The number of nitrogens with one attached hydrogen (secondary N) is 1. The van der Waals surface area contributed by atoms with Gasteiger partial charge in [0, 0.05) is 30.3 Å². The minimum Gasteiger partial charge on any atom is -0.339 e. The summed E-state index contributed by atoms with van der Waals surface area (Å²) in [6.07, 6.45) is 1.21. The molecule has 2 aromatic carbocycles. The van der Waals surface area contributed by atoms with Gasteiger partial charge in [-0.05, 0) is 54.2 Å². The zero-order valence-electron chi connectivity index (χ0n) is 16.7. The van der Waals surface area contributed by atoms with Gasteiger partial charge in [0.15, 0.2) is 0 Å². The average Bonchev–Trinajstić information content (AvgIpc) is 2.67. The molecular formula is C23H27FN2O2. The maximum absolute atomic E-state index is 13.3. The van der Waals surface area contributed by atoms with Crippen molar-refractivity contribution in [2.75, 3.05) is 18.4 Å². The number of anilines is 1. The Morgan fingerprint density at radius 3 is 2.25 bits per heavy atom. The molecule has 2 amide bonds. The second kappa shape index (κ2) is 8.13. The van der Waals surface area contributed by atoms with E-state index in [0.717, 1.165) is 0 Å². The van der Waals surface area contributed by atoms with Gasteiger partial charge in [-0.2, -0.15) is 0 Å². The van der Waals surface area contributed by atoms with Crippen molar-refractivity contribution in [3.63, 3.8) is 0 Å². The highest BCUT2D eigenvalue weighted by Gasteiger charge is 2.28. The molecular weight excluding hydrogens is 355 g/mol. The van der Waals surface area contributed by atoms with E-state index in [2.05, 4.69) is 26.1 Å². The van der Waals surface area contributed by atoms with E-state index in [-0.39, 0.29) is 29.0 Å². The third-order valence-electron chi connectivity index (χ3n) is 5.24. The van der Waals surface area contributed by atoms with Crippen LogP contribution < -0.4 is 5.32 Å². The van der Waals surface area contributed by atoms with Gasteiger partial charge in [0.25, 0.3) is 5.91 Å². The van der Waals surface area contributed by atoms with Crippen molar-refractivity contribution in [2.45, 2.75) is 39.0 Å². The van der Waals surface area contributed by atoms with E-state index in [0.29, 0.717) is 37.2 Å². The second-order valence-corrected chi connectivity index (χ2v) is 8.39. The van der Waals surface area contributed by atoms with Crippen LogP contribution >= 0.6 is 0 Å². The van der Waals surface area contributed by atoms with Crippen LogP contribution in [0.4, 0.5) is 10.1 Å². The van der Waals surface area contributed by atoms with Crippen LogP contribution in [0.2, 0.25) is 0 Å². The van der Waals surface area contributed by atoms with Crippen LogP contribution in [0.5, 0.6) is 0 Å². The molecule has 0 atom stereocenters. The van der Waals surface area contributed by atoms with Gasteiger partial charge in [-0.25, -0.2) is 4.39 Å². The number of nitrogens with zero attached hydrogens (tertiary/aromatic N) is 1. The molecule has 1 saturated heterocycles. The van der Waals surface area contributed by atoms with E-state index in [4.69, 9.17) is 0 Å². The van der Waals surface area contributed by atoms with E-state index in [1.165, 1.54) is 17.7 Å². The first-order valence-corrected chi connectivity index (χ1v) is 9.70. The molecule has 0 unspecified atom stereocenters. The molecule has 0 spiro atoms. The van der Waals surface area contributed by atoms with Crippen LogP contribution in [0.1, 0.15) is 49.5 Å². The average molecular weight is 382 g/mol. The van der Waals surface area contributed by atoms with Crippen LogP contribution in [0.3, 0.4) is 0 Å². The van der Waals surface area contributed by atoms with E-state index in [1.807, 2.05) is 24.3 Å². The fourth-order valence-corrected chi connectivity index (χ4v) is 3.45. The van der Waals surface area contributed by atoms with Crippen molar-refractivity contribution < 1.29 is 14.0 Å². The fraction of sp³-hybridized carbons (Fsp3) is 0.391. The zero-order valence-corrected chi connectivity index (χ0v) is 16.7. The Kier molecular flexibility index (Phi) is 5.82. The monoisotopic (exact) mass is 382 g/mol. The van der Waals surface area contributed by atoms with Crippen LogP contribution in [0.25, 0.3) is 0 Å². The number of benzene rings is 2. The van der Waals surface area contributed by atoms with Gasteiger partial charge in [0.05, 0.1) is 0 Å². The third kappa shape index (κ3) is 4.77. The number of hydrogen-bond acceptors (Lipinski definition) is 2. The molecule has 1 fully saturated rings. The Labute approximate surface area is 165 Å². The molecule has 1 aliphatic rings. The first kappa shape index (κ1) is 20.1. The summed E-state index contributed by atoms with van der Waals surface area (Å²) in [4.78, 5) is 27.0. The highest BCUT2D eigenvalue weighted by atomic mass is 19.1. The van der Waals surface area contributed by atoms with Crippen LogP contribution in [0.15, 0.2) is 48.5 Å². The predicted molar refractivity (Wildman–Crippen MR) is 109 cm³/mol. The number of hydrogen-bond donors (Lipinski definition) is 1. The summed E-state index contributed by atoms with van der Waals surface area (Å²) < 4.78 is 13.3. The molecule has 0 bridgehead atoms. The Bertz CT molecular complexity index is 848. The van der Waals surface area contributed by atoms with Crippen molar-refractivity contribution in [3.8, 4) is 0 Å². The van der Waals surface area contributed by atoms with E-state index < -0.39 is 0 Å². The summed E-state index contributed by atoms with van der Waals surface area (Å²) in [5.74, 6) is -0.664. The molecule has 0 saturated carbocycles. The second-order valence-electron chi connectivity index (χ2n) is 8.39. The molecule has 1 heterocycles. The summed E-state index contributed by atoms with van der Waals surface area (Å²) in [5.41, 5.74) is 2.38. The standard InChI is InChI=1S/C23H27FN2O2/c1-23(2,3)18-9-7-17(8-10-18)22(28)26-13-11-16(12-14-26)21(27)25-20-6-4-5-19(24)15-20/h4-10,15-16H,11-14H2,1-3H3,(H,25,27). The van der Waals surface area contributed by atoms with Gasteiger partial charge in [-0.1, -0.05) is 39.0 Å². The Morgan fingerprint density at radius 2 is 1.68 bits per heavy atom. The lowest BCUT2D eigenvalue weighted by atomic mass is 9.86. The zero-order chi connectivity index (χ0) is 20.3. The van der Waals surface area contributed by atoms with E-state index in [1.54, 1.807) is 17.0 Å². The van der Waals surface area contributed by atoms with Crippen molar-refractivity contribution in [1.29, 1.82) is 0 Å². The van der Waals surface area contributed by atoms with Crippen molar-refractivity contribution in [1.82, 2.24) is 4.90 Å². The van der Waals surface area contributed by atoms with E-state index >= 15 is 0 Å². The highest BCUT2D eigenvalue weighted by molar-refractivity contribution is 5.95. The lowest BCUT2D eigenvalue weighted by Gasteiger charge is -2.31. The topological polar surface area (TPSA) is 49.4 Å². The molecule has 0 radical (unpaired) electrons. The van der Waals surface area contributed by atoms with Gasteiger partial charge >= 0.3 is 0 Å². The van der Waals surface area contributed by atoms with Gasteiger partial charge in [-0.3, -0.25) is 9.59 Å². The number of carbonyl (C=O) groups excluding carboxylic acids is 2. The molecule has 3 rings (SSSR count). The maximum Gasteiger partial charge on any atom is 0.253 e. The number of likely N-dealkylation sites (tertiary alicyclic amines) is 1. The minimum atomic E-state index is -0.379. The quantitative estimate of drug-likeness (QED) is 0.842. The van der Waals surface area contributed by atoms with Crippen LogP contribution in [-0.2, 0) is 10.2 Å².